The molecule has 2 rings (SSSR count). The highest BCUT2D eigenvalue weighted by Gasteiger charge is 2.20. The molecule has 0 radical (unpaired) electrons. The minimum Gasteiger partial charge on any atom is -0.491 e. The van der Waals surface area contributed by atoms with Crippen molar-refractivity contribution in [3.8, 4) is 5.75 Å². The van der Waals surface area contributed by atoms with Gasteiger partial charge in [-0.1, -0.05) is 23.7 Å². The smallest absolute Gasteiger partial charge is 0.240 e. The summed E-state index contributed by atoms with van der Waals surface area (Å²) in [5.41, 5.74) is 1.62. The van der Waals surface area contributed by atoms with Crippen molar-refractivity contribution < 1.29 is 17.9 Å². The van der Waals surface area contributed by atoms with Crippen molar-refractivity contribution in [3.05, 3.63) is 59.1 Å². The number of ether oxygens (including phenoxy) is 1. The zero-order valence-electron chi connectivity index (χ0n) is 18.0. The molecule has 0 spiro atoms. The Morgan fingerprint density at radius 1 is 1.13 bits per heavy atom. The zero-order valence-corrected chi connectivity index (χ0v) is 20.4. The molecule has 1 amide bonds. The molecule has 0 heterocycles. The molecule has 170 valence electrons. The minimum absolute atomic E-state index is 0.0204. The average molecular weight is 485 g/mol. The van der Waals surface area contributed by atoms with Crippen LogP contribution in [-0.4, -0.2) is 45.5 Å². The Labute approximate surface area is 194 Å². The summed E-state index contributed by atoms with van der Waals surface area (Å²) in [5.74, 6) is 2.07. The van der Waals surface area contributed by atoms with E-state index in [1.807, 2.05) is 38.1 Å². The molecule has 0 aliphatic heterocycles. The maximum Gasteiger partial charge on any atom is 0.240 e. The monoisotopic (exact) mass is 484 g/mol. The molecule has 31 heavy (non-hydrogen) atoms. The lowest BCUT2D eigenvalue weighted by molar-refractivity contribution is -0.119. The molecule has 0 unspecified atom stereocenters. The second-order valence-corrected chi connectivity index (χ2v) is 10.8. The number of nitrogens with zero attached hydrogens (tertiary/aromatic N) is 1. The number of halogens is 1. The standard InChI is InChI=1S/C22H29ClN2O4S2/c1-17(2)29-21-11-9-20(10-12-21)25(31(3,27)28)15-22(26)24-13-4-14-30-16-18-5-7-19(23)8-6-18/h5-12,17H,4,13-16H2,1-3H3,(H,24,26). The van der Waals surface area contributed by atoms with Crippen LogP contribution < -0.4 is 14.4 Å². The van der Waals surface area contributed by atoms with Crippen molar-refractivity contribution in [1.29, 1.82) is 0 Å². The van der Waals surface area contributed by atoms with Crippen LogP contribution in [0.5, 0.6) is 5.75 Å². The molecule has 0 fully saturated rings. The number of thioether (sulfide) groups is 1. The van der Waals surface area contributed by atoms with Gasteiger partial charge in [-0.25, -0.2) is 8.42 Å². The van der Waals surface area contributed by atoms with Gasteiger partial charge in [0.1, 0.15) is 12.3 Å². The fraction of sp³-hybridized carbons (Fsp3) is 0.409. The molecular formula is C22H29ClN2O4S2. The number of benzene rings is 2. The Morgan fingerprint density at radius 2 is 1.77 bits per heavy atom. The van der Waals surface area contributed by atoms with Crippen LogP contribution in [0.25, 0.3) is 0 Å². The van der Waals surface area contributed by atoms with Crippen molar-refractivity contribution in [1.82, 2.24) is 5.32 Å². The van der Waals surface area contributed by atoms with E-state index in [2.05, 4.69) is 5.32 Å². The van der Waals surface area contributed by atoms with Gasteiger partial charge in [-0.2, -0.15) is 11.8 Å². The number of anilines is 1. The van der Waals surface area contributed by atoms with E-state index in [9.17, 15) is 13.2 Å². The van der Waals surface area contributed by atoms with Gasteiger partial charge in [-0.05, 0) is 68.0 Å². The molecular weight excluding hydrogens is 456 g/mol. The molecule has 0 bridgehead atoms. The first-order valence-corrected chi connectivity index (χ1v) is 13.4. The fourth-order valence-electron chi connectivity index (χ4n) is 2.72. The van der Waals surface area contributed by atoms with Gasteiger partial charge in [0.2, 0.25) is 15.9 Å². The highest BCUT2D eigenvalue weighted by Crippen LogP contribution is 2.22. The predicted molar refractivity (Wildman–Crippen MR) is 130 cm³/mol. The lowest BCUT2D eigenvalue weighted by Crippen LogP contribution is -2.40. The Bertz CT molecular complexity index is 933. The van der Waals surface area contributed by atoms with Gasteiger partial charge in [-0.3, -0.25) is 9.10 Å². The van der Waals surface area contributed by atoms with Gasteiger partial charge in [0.15, 0.2) is 0 Å². The van der Waals surface area contributed by atoms with Crippen LogP contribution in [0.3, 0.4) is 0 Å². The van der Waals surface area contributed by atoms with Crippen molar-refractivity contribution in [2.75, 3.05) is 29.4 Å². The number of hydrogen-bond acceptors (Lipinski definition) is 5. The summed E-state index contributed by atoms with van der Waals surface area (Å²) in [7, 11) is -3.60. The van der Waals surface area contributed by atoms with Crippen LogP contribution in [0.4, 0.5) is 5.69 Å². The Hall–Kier alpha value is -1.90. The Balaban J connectivity index is 1.78. The van der Waals surface area contributed by atoms with Gasteiger partial charge in [-0.15, -0.1) is 0 Å². The van der Waals surface area contributed by atoms with Gasteiger partial charge in [0.05, 0.1) is 18.0 Å². The first-order valence-electron chi connectivity index (χ1n) is 9.98. The summed E-state index contributed by atoms with van der Waals surface area (Å²) in [4.78, 5) is 12.3. The third-order valence-corrected chi connectivity index (χ3v) is 6.66. The van der Waals surface area contributed by atoms with Gasteiger partial charge in [0, 0.05) is 17.3 Å². The molecule has 0 saturated carbocycles. The third-order valence-electron chi connectivity index (χ3n) is 4.15. The molecule has 0 aliphatic carbocycles. The van der Waals surface area contributed by atoms with E-state index in [1.54, 1.807) is 36.0 Å². The Morgan fingerprint density at radius 3 is 2.35 bits per heavy atom. The van der Waals surface area contributed by atoms with E-state index >= 15 is 0 Å². The van der Waals surface area contributed by atoms with Crippen molar-refractivity contribution >= 4 is 45.0 Å². The van der Waals surface area contributed by atoms with Crippen LogP contribution in [-0.2, 0) is 20.6 Å². The van der Waals surface area contributed by atoms with Crippen LogP contribution in [0.1, 0.15) is 25.8 Å². The van der Waals surface area contributed by atoms with Gasteiger partial charge in [0.25, 0.3) is 0 Å². The zero-order chi connectivity index (χ0) is 22.9. The topological polar surface area (TPSA) is 75.7 Å². The highest BCUT2D eigenvalue weighted by atomic mass is 35.5. The predicted octanol–water partition coefficient (Wildman–Crippen LogP) is 4.33. The second-order valence-electron chi connectivity index (χ2n) is 7.31. The second kappa shape index (κ2) is 12.2. The summed E-state index contributed by atoms with van der Waals surface area (Å²) >= 11 is 7.65. The molecule has 0 saturated heterocycles. The van der Waals surface area contributed by atoms with E-state index in [0.717, 1.165) is 33.5 Å². The van der Waals surface area contributed by atoms with E-state index in [0.29, 0.717) is 18.0 Å². The van der Waals surface area contributed by atoms with E-state index in [4.69, 9.17) is 16.3 Å². The van der Waals surface area contributed by atoms with E-state index in [1.165, 1.54) is 5.56 Å². The quantitative estimate of drug-likeness (QED) is 0.454. The molecule has 0 atom stereocenters. The fourth-order valence-corrected chi connectivity index (χ4v) is 4.63. The number of carbonyl (C=O) groups is 1. The first-order chi connectivity index (χ1) is 14.6. The van der Waals surface area contributed by atoms with Crippen LogP contribution in [0, 0.1) is 0 Å². The van der Waals surface area contributed by atoms with Crippen molar-refractivity contribution in [2.45, 2.75) is 32.1 Å². The van der Waals surface area contributed by atoms with Crippen LogP contribution in [0.2, 0.25) is 5.02 Å². The van der Waals surface area contributed by atoms with Crippen molar-refractivity contribution in [2.24, 2.45) is 0 Å². The molecule has 6 nitrogen and oxygen atoms in total. The minimum atomic E-state index is -3.60. The molecule has 2 aromatic rings. The molecule has 9 heteroatoms. The number of hydrogen-bond donors (Lipinski definition) is 1. The summed E-state index contributed by atoms with van der Waals surface area (Å²) < 4.78 is 31.1. The summed E-state index contributed by atoms with van der Waals surface area (Å²) in [6.45, 7) is 4.06. The highest BCUT2D eigenvalue weighted by molar-refractivity contribution is 7.98. The number of sulfonamides is 1. The first kappa shape index (κ1) is 25.4. The molecule has 0 aliphatic rings. The third kappa shape index (κ3) is 9.41. The largest absolute Gasteiger partial charge is 0.491 e. The van der Waals surface area contributed by atoms with Crippen molar-refractivity contribution in [3.63, 3.8) is 0 Å². The van der Waals surface area contributed by atoms with Gasteiger partial charge < -0.3 is 10.1 Å². The van der Waals surface area contributed by atoms with E-state index < -0.39 is 10.0 Å². The lowest BCUT2D eigenvalue weighted by atomic mass is 10.2. The lowest BCUT2D eigenvalue weighted by Gasteiger charge is -2.22. The van der Waals surface area contributed by atoms with Crippen LogP contribution in [0.15, 0.2) is 48.5 Å². The normalized spacial score (nSPS) is 11.4. The number of carbonyl (C=O) groups excluding carboxylic acids is 1. The SMILES string of the molecule is CC(C)Oc1ccc(N(CC(=O)NCCCSCc2ccc(Cl)cc2)S(C)(=O)=O)cc1. The molecule has 1 N–H and O–H groups in total. The van der Waals surface area contributed by atoms with E-state index in [-0.39, 0.29) is 18.6 Å². The molecule has 2 aromatic carbocycles. The number of rotatable bonds is 12. The summed E-state index contributed by atoms with van der Waals surface area (Å²) in [5, 5.41) is 3.52. The number of nitrogens with one attached hydrogen (secondary N) is 1. The summed E-state index contributed by atoms with van der Waals surface area (Å²) in [6, 6.07) is 14.4. The average Bonchev–Trinajstić information content (AvgIpc) is 2.69. The van der Waals surface area contributed by atoms with Crippen LogP contribution >= 0.6 is 23.4 Å². The Kier molecular flexibility index (Phi) is 9.99. The maximum absolute atomic E-state index is 12.3. The maximum atomic E-state index is 12.3. The number of amides is 1. The summed E-state index contributed by atoms with van der Waals surface area (Å²) in [6.07, 6.45) is 1.91. The molecule has 0 aromatic heterocycles. The van der Waals surface area contributed by atoms with Gasteiger partial charge >= 0.3 is 0 Å².